The monoisotopic (exact) mass is 181 g/mol. The Morgan fingerprint density at radius 3 is 2.15 bits per heavy atom. The second kappa shape index (κ2) is 4.00. The molecule has 0 aromatic rings. The standard InChI is InChI=1S/C12H23N/c1-10-8-9-12(13(10)2)11-6-4-3-5-7-11/h10-12H,3-9H2,1-2H3/t10-,12?/m0/s1. The Labute approximate surface area is 82.5 Å². The average molecular weight is 181 g/mol. The topological polar surface area (TPSA) is 3.24 Å². The maximum atomic E-state index is 2.63. The van der Waals surface area contributed by atoms with E-state index in [4.69, 9.17) is 0 Å². The van der Waals surface area contributed by atoms with Gasteiger partial charge in [-0.2, -0.15) is 0 Å². The van der Waals surface area contributed by atoms with Crippen LogP contribution < -0.4 is 0 Å². The summed E-state index contributed by atoms with van der Waals surface area (Å²) in [7, 11) is 2.33. The molecule has 1 unspecified atom stereocenters. The first-order valence-corrected chi connectivity index (χ1v) is 6.01. The minimum absolute atomic E-state index is 0.840. The van der Waals surface area contributed by atoms with E-state index in [9.17, 15) is 0 Å². The summed E-state index contributed by atoms with van der Waals surface area (Å²) >= 11 is 0. The lowest BCUT2D eigenvalue weighted by atomic mass is 9.83. The molecular weight excluding hydrogens is 158 g/mol. The normalized spacial score (nSPS) is 38.3. The quantitative estimate of drug-likeness (QED) is 0.601. The Hall–Kier alpha value is -0.0400. The molecule has 2 rings (SSSR count). The van der Waals surface area contributed by atoms with E-state index in [2.05, 4.69) is 18.9 Å². The van der Waals surface area contributed by atoms with E-state index in [0.29, 0.717) is 0 Å². The van der Waals surface area contributed by atoms with Crippen molar-refractivity contribution in [3.63, 3.8) is 0 Å². The van der Waals surface area contributed by atoms with Gasteiger partial charge in [0.25, 0.3) is 0 Å². The van der Waals surface area contributed by atoms with Gasteiger partial charge in [-0.3, -0.25) is 0 Å². The number of hydrogen-bond donors (Lipinski definition) is 0. The van der Waals surface area contributed by atoms with Gasteiger partial charge in [0, 0.05) is 12.1 Å². The summed E-state index contributed by atoms with van der Waals surface area (Å²) in [5, 5.41) is 0. The minimum atomic E-state index is 0.840. The smallest absolute Gasteiger partial charge is 0.0124 e. The van der Waals surface area contributed by atoms with E-state index < -0.39 is 0 Å². The average Bonchev–Trinajstić information content (AvgIpc) is 2.49. The molecule has 1 aliphatic heterocycles. The molecule has 0 aromatic heterocycles. The highest BCUT2D eigenvalue weighted by atomic mass is 15.2. The third-order valence-electron chi connectivity index (χ3n) is 4.29. The van der Waals surface area contributed by atoms with Crippen molar-refractivity contribution < 1.29 is 0 Å². The number of hydrogen-bond acceptors (Lipinski definition) is 1. The third kappa shape index (κ3) is 1.90. The lowest BCUT2D eigenvalue weighted by molar-refractivity contribution is 0.159. The van der Waals surface area contributed by atoms with E-state index in [-0.39, 0.29) is 0 Å². The van der Waals surface area contributed by atoms with Crippen LogP contribution in [0.15, 0.2) is 0 Å². The van der Waals surface area contributed by atoms with Gasteiger partial charge in [0.1, 0.15) is 0 Å². The SMILES string of the molecule is C[C@H]1CCC(C2CCCCC2)N1C. The number of likely N-dealkylation sites (tertiary alicyclic amines) is 1. The molecule has 0 N–H and O–H groups in total. The van der Waals surface area contributed by atoms with Gasteiger partial charge in [0.05, 0.1) is 0 Å². The summed E-state index contributed by atoms with van der Waals surface area (Å²) in [4.78, 5) is 2.63. The third-order valence-corrected chi connectivity index (χ3v) is 4.29. The molecule has 1 nitrogen and oxygen atoms in total. The van der Waals surface area contributed by atoms with Crippen molar-refractivity contribution in [2.75, 3.05) is 7.05 Å². The molecule has 1 saturated heterocycles. The molecule has 1 heterocycles. The van der Waals surface area contributed by atoms with Crippen molar-refractivity contribution in [2.45, 2.75) is 64.0 Å². The summed E-state index contributed by atoms with van der Waals surface area (Å²) in [6, 6.07) is 1.77. The van der Waals surface area contributed by atoms with Gasteiger partial charge in [-0.05, 0) is 45.6 Å². The molecule has 2 atom stereocenters. The van der Waals surface area contributed by atoms with Gasteiger partial charge >= 0.3 is 0 Å². The molecule has 0 radical (unpaired) electrons. The number of rotatable bonds is 1. The van der Waals surface area contributed by atoms with Crippen LogP contribution in [0, 0.1) is 5.92 Å². The molecule has 1 aliphatic carbocycles. The summed E-state index contributed by atoms with van der Waals surface area (Å²) < 4.78 is 0. The first-order valence-electron chi connectivity index (χ1n) is 6.01. The van der Waals surface area contributed by atoms with Crippen LogP contribution in [0.25, 0.3) is 0 Å². The molecule has 13 heavy (non-hydrogen) atoms. The zero-order valence-corrected chi connectivity index (χ0v) is 9.13. The van der Waals surface area contributed by atoms with E-state index in [1.807, 2.05) is 0 Å². The van der Waals surface area contributed by atoms with Gasteiger partial charge in [0.15, 0.2) is 0 Å². The van der Waals surface area contributed by atoms with Crippen LogP contribution in [-0.4, -0.2) is 24.0 Å². The Bertz CT molecular complexity index is 161. The Morgan fingerprint density at radius 2 is 1.62 bits per heavy atom. The van der Waals surface area contributed by atoms with E-state index >= 15 is 0 Å². The Balaban J connectivity index is 1.92. The highest BCUT2D eigenvalue weighted by Gasteiger charge is 2.33. The van der Waals surface area contributed by atoms with E-state index in [0.717, 1.165) is 18.0 Å². The fourth-order valence-corrected chi connectivity index (χ4v) is 3.23. The first kappa shape index (κ1) is 9.51. The van der Waals surface area contributed by atoms with Crippen molar-refractivity contribution in [1.82, 2.24) is 4.90 Å². The second-order valence-electron chi connectivity index (χ2n) is 5.06. The van der Waals surface area contributed by atoms with Gasteiger partial charge in [-0.1, -0.05) is 19.3 Å². The van der Waals surface area contributed by atoms with Gasteiger partial charge in [-0.15, -0.1) is 0 Å². The fraction of sp³-hybridized carbons (Fsp3) is 1.00. The molecule has 1 heteroatoms. The lowest BCUT2D eigenvalue weighted by Gasteiger charge is -2.33. The zero-order valence-electron chi connectivity index (χ0n) is 9.13. The largest absolute Gasteiger partial charge is 0.300 e. The lowest BCUT2D eigenvalue weighted by Crippen LogP contribution is -2.36. The van der Waals surface area contributed by atoms with Crippen LogP contribution in [0.1, 0.15) is 51.9 Å². The predicted octanol–water partition coefficient (Wildman–Crippen LogP) is 3.05. The fourth-order valence-electron chi connectivity index (χ4n) is 3.23. The molecule has 0 spiro atoms. The highest BCUT2D eigenvalue weighted by Crippen LogP contribution is 2.35. The Morgan fingerprint density at radius 1 is 0.923 bits per heavy atom. The number of nitrogens with zero attached hydrogens (tertiary/aromatic N) is 1. The molecule has 2 fully saturated rings. The molecule has 2 aliphatic rings. The first-order chi connectivity index (χ1) is 6.29. The predicted molar refractivity (Wildman–Crippen MR) is 56.8 cm³/mol. The van der Waals surface area contributed by atoms with Crippen LogP contribution in [0.4, 0.5) is 0 Å². The molecule has 76 valence electrons. The van der Waals surface area contributed by atoms with Crippen LogP contribution in [0.3, 0.4) is 0 Å². The summed E-state index contributed by atoms with van der Waals surface area (Å²) in [6.07, 6.45) is 10.4. The molecule has 0 amide bonds. The van der Waals surface area contributed by atoms with Crippen molar-refractivity contribution in [3.05, 3.63) is 0 Å². The highest BCUT2D eigenvalue weighted by molar-refractivity contribution is 4.88. The molecule has 0 aromatic carbocycles. The second-order valence-corrected chi connectivity index (χ2v) is 5.06. The van der Waals surface area contributed by atoms with E-state index in [1.165, 1.54) is 44.9 Å². The van der Waals surface area contributed by atoms with Crippen LogP contribution >= 0.6 is 0 Å². The maximum Gasteiger partial charge on any atom is 0.0124 e. The van der Waals surface area contributed by atoms with Crippen molar-refractivity contribution >= 4 is 0 Å². The van der Waals surface area contributed by atoms with Crippen LogP contribution in [0.5, 0.6) is 0 Å². The van der Waals surface area contributed by atoms with Gasteiger partial charge < -0.3 is 4.90 Å². The maximum absolute atomic E-state index is 2.63. The van der Waals surface area contributed by atoms with Crippen molar-refractivity contribution in [1.29, 1.82) is 0 Å². The summed E-state index contributed by atoms with van der Waals surface area (Å²) in [6.45, 7) is 2.38. The van der Waals surface area contributed by atoms with Crippen LogP contribution in [0.2, 0.25) is 0 Å². The molecule has 0 bridgehead atoms. The van der Waals surface area contributed by atoms with E-state index in [1.54, 1.807) is 0 Å². The minimum Gasteiger partial charge on any atom is -0.300 e. The van der Waals surface area contributed by atoms with Crippen LogP contribution in [-0.2, 0) is 0 Å². The molecule has 1 saturated carbocycles. The molecular formula is C12H23N. The Kier molecular flexibility index (Phi) is 2.92. The van der Waals surface area contributed by atoms with Gasteiger partial charge in [-0.25, -0.2) is 0 Å². The van der Waals surface area contributed by atoms with Gasteiger partial charge in [0.2, 0.25) is 0 Å². The zero-order chi connectivity index (χ0) is 9.26. The van der Waals surface area contributed by atoms with Crippen molar-refractivity contribution in [2.24, 2.45) is 5.92 Å². The summed E-state index contributed by atoms with van der Waals surface area (Å²) in [5.74, 6) is 1.03. The summed E-state index contributed by atoms with van der Waals surface area (Å²) in [5.41, 5.74) is 0. The van der Waals surface area contributed by atoms with Crippen molar-refractivity contribution in [3.8, 4) is 0 Å².